The fraction of sp³-hybridized carbons (Fsp3) is 0. The number of pyridine rings is 2. The summed E-state index contributed by atoms with van der Waals surface area (Å²) >= 11 is 0. The Morgan fingerprint density at radius 2 is 0.938 bits per heavy atom. The Morgan fingerprint density at radius 1 is 0.562 bits per heavy atom. The number of hydrogen-bond acceptors (Lipinski definition) is 2. The van der Waals surface area contributed by atoms with Crippen LogP contribution in [0, 0.1) is 0 Å². The van der Waals surface area contributed by atoms with E-state index in [4.69, 9.17) is 0 Å². The van der Waals surface area contributed by atoms with Crippen molar-refractivity contribution < 1.29 is 0 Å². The maximum Gasteiger partial charge on any atom is 0.0886 e. The predicted molar refractivity (Wildman–Crippen MR) is 56.0 cm³/mol. The van der Waals surface area contributed by atoms with Gasteiger partial charge >= 0.3 is 0 Å². The van der Waals surface area contributed by atoms with E-state index in [1.54, 1.807) is 12.4 Å². The molecule has 16 heavy (non-hydrogen) atoms. The van der Waals surface area contributed by atoms with E-state index in [0.717, 1.165) is 11.4 Å². The lowest BCUT2D eigenvalue weighted by Crippen LogP contribution is -1.83. The van der Waals surface area contributed by atoms with Gasteiger partial charge in [0, 0.05) is 37.0 Å². The lowest BCUT2D eigenvalue weighted by molar-refractivity contribution is 1.25. The molecule has 0 atom stereocenters. The second-order valence-corrected chi connectivity index (χ2v) is 2.43. The molecular formula is C10H8N6. The van der Waals surface area contributed by atoms with Crippen LogP contribution in [0.5, 0.6) is 0 Å². The molecule has 0 aliphatic rings. The molecule has 0 fully saturated rings. The molecule has 6 nitrogen and oxygen atoms in total. The standard InChI is InChI=1S/C10H8N2.4N/c1-3-7-11-9(5-1)10-6-2-4-8-12-10;;;;/h1-8H;;;;. The molecule has 12 radical (unpaired) electrons. The maximum absolute atomic E-state index is 4.19. The van der Waals surface area contributed by atoms with Crippen LogP contribution >= 0.6 is 0 Å². The Morgan fingerprint density at radius 3 is 1.19 bits per heavy atom. The van der Waals surface area contributed by atoms with Gasteiger partial charge in [-0.1, -0.05) is 12.1 Å². The van der Waals surface area contributed by atoms with Crippen molar-refractivity contribution in [1.29, 1.82) is 0 Å². The zero-order valence-corrected chi connectivity index (χ0v) is 8.30. The minimum Gasteiger partial charge on any atom is -0.255 e. The van der Waals surface area contributed by atoms with Gasteiger partial charge in [-0.15, -0.1) is 0 Å². The minimum absolute atomic E-state index is 0. The van der Waals surface area contributed by atoms with Gasteiger partial charge in [0.2, 0.25) is 0 Å². The van der Waals surface area contributed by atoms with Crippen molar-refractivity contribution in [2.45, 2.75) is 0 Å². The van der Waals surface area contributed by atoms with E-state index >= 15 is 0 Å². The third-order valence-electron chi connectivity index (χ3n) is 1.59. The molecule has 0 aliphatic carbocycles. The van der Waals surface area contributed by atoms with Crippen LogP contribution in [0.25, 0.3) is 11.4 Å². The van der Waals surface area contributed by atoms with Crippen molar-refractivity contribution in [2.75, 3.05) is 0 Å². The molecule has 0 amide bonds. The molecule has 0 aliphatic heterocycles. The van der Waals surface area contributed by atoms with Crippen molar-refractivity contribution in [3.8, 4) is 11.4 Å². The number of rotatable bonds is 1. The zero-order chi connectivity index (χ0) is 8.23. The molecule has 78 valence electrons. The van der Waals surface area contributed by atoms with E-state index in [9.17, 15) is 0 Å². The van der Waals surface area contributed by atoms with Crippen LogP contribution in [0.2, 0.25) is 0 Å². The highest BCUT2D eigenvalue weighted by atomic mass is 14.7. The molecule has 0 unspecified atom stereocenters. The maximum atomic E-state index is 4.19. The summed E-state index contributed by atoms with van der Waals surface area (Å²) in [5, 5.41) is 0. The number of aromatic nitrogens is 2. The van der Waals surface area contributed by atoms with E-state index in [2.05, 4.69) is 9.97 Å². The lowest BCUT2D eigenvalue weighted by Gasteiger charge is -1.96. The minimum atomic E-state index is 0. The lowest BCUT2D eigenvalue weighted by atomic mass is 10.2. The first-order valence-electron chi connectivity index (χ1n) is 3.79. The molecule has 0 bridgehead atoms. The molecule has 0 saturated heterocycles. The normalized spacial score (nSPS) is 7.25. The van der Waals surface area contributed by atoms with Gasteiger partial charge in [0.1, 0.15) is 0 Å². The first kappa shape index (κ1) is 19.7. The average molecular weight is 212 g/mol. The van der Waals surface area contributed by atoms with Gasteiger partial charge in [0.25, 0.3) is 0 Å². The van der Waals surface area contributed by atoms with Gasteiger partial charge in [-0.2, -0.15) is 0 Å². The number of nitrogens with zero attached hydrogens (tertiary/aromatic N) is 6. The summed E-state index contributed by atoms with van der Waals surface area (Å²) in [5.41, 5.74) is 1.83. The first-order valence-corrected chi connectivity index (χ1v) is 3.79. The van der Waals surface area contributed by atoms with Crippen LogP contribution in [0.4, 0.5) is 0 Å². The molecule has 2 aromatic rings. The van der Waals surface area contributed by atoms with Gasteiger partial charge in [-0.3, -0.25) is 9.97 Å². The van der Waals surface area contributed by atoms with Crippen LogP contribution in [0.15, 0.2) is 48.8 Å². The molecule has 0 saturated carbocycles. The number of hydrogen-bond donors (Lipinski definition) is 0. The Kier molecular flexibility index (Phi) is 11.9. The van der Waals surface area contributed by atoms with Crippen molar-refractivity contribution in [1.82, 2.24) is 34.6 Å². The zero-order valence-electron chi connectivity index (χ0n) is 8.30. The van der Waals surface area contributed by atoms with E-state index < -0.39 is 0 Å². The molecule has 0 spiro atoms. The smallest absolute Gasteiger partial charge is 0.0886 e. The van der Waals surface area contributed by atoms with Crippen LogP contribution in [0.1, 0.15) is 0 Å². The summed E-state index contributed by atoms with van der Waals surface area (Å²) in [6.07, 6.45) is 3.54. The fourth-order valence-corrected chi connectivity index (χ4v) is 1.03. The van der Waals surface area contributed by atoms with Crippen LogP contribution in [-0.2, 0) is 0 Å². The third-order valence-corrected chi connectivity index (χ3v) is 1.59. The van der Waals surface area contributed by atoms with E-state index in [1.165, 1.54) is 0 Å². The summed E-state index contributed by atoms with van der Waals surface area (Å²) in [7, 11) is 0. The van der Waals surface area contributed by atoms with Crippen molar-refractivity contribution in [2.24, 2.45) is 0 Å². The SMILES string of the molecule is [N].[N].[N].[N].c1ccc(-c2ccccn2)nc1. The van der Waals surface area contributed by atoms with Gasteiger partial charge in [-0.05, 0) is 24.3 Å². The van der Waals surface area contributed by atoms with Gasteiger partial charge < -0.3 is 0 Å². The predicted octanol–water partition coefficient (Wildman–Crippen LogP) is 0.221. The molecule has 0 N–H and O–H groups in total. The summed E-state index contributed by atoms with van der Waals surface area (Å²) in [5.74, 6) is 0. The average Bonchev–Trinajstić information content (AvgIpc) is 2.21. The van der Waals surface area contributed by atoms with Gasteiger partial charge in [0.15, 0.2) is 0 Å². The quantitative estimate of drug-likeness (QED) is 0.664. The molecular weight excluding hydrogens is 204 g/mol. The third kappa shape index (κ3) is 4.58. The second kappa shape index (κ2) is 9.69. The Bertz CT molecular complexity index is 313. The molecule has 6 heteroatoms. The van der Waals surface area contributed by atoms with Crippen LogP contribution in [0.3, 0.4) is 0 Å². The van der Waals surface area contributed by atoms with E-state index in [1.807, 2.05) is 36.4 Å². The summed E-state index contributed by atoms with van der Waals surface area (Å²) in [6.45, 7) is 0. The van der Waals surface area contributed by atoms with Crippen molar-refractivity contribution in [3.05, 3.63) is 48.8 Å². The monoisotopic (exact) mass is 212 g/mol. The van der Waals surface area contributed by atoms with Crippen LogP contribution in [-0.4, -0.2) is 9.97 Å². The highest BCUT2D eigenvalue weighted by molar-refractivity contribution is 5.52. The largest absolute Gasteiger partial charge is 0.255 e. The van der Waals surface area contributed by atoms with Crippen LogP contribution < -0.4 is 24.6 Å². The summed E-state index contributed by atoms with van der Waals surface area (Å²) in [4.78, 5) is 8.37. The van der Waals surface area contributed by atoms with Crippen molar-refractivity contribution >= 4 is 0 Å². The fourth-order valence-electron chi connectivity index (χ4n) is 1.03. The second-order valence-electron chi connectivity index (χ2n) is 2.43. The first-order chi connectivity index (χ1) is 5.97. The summed E-state index contributed by atoms with van der Waals surface area (Å²) < 4.78 is 0. The Balaban J connectivity index is -0.000000422. The highest BCUT2D eigenvalue weighted by Crippen LogP contribution is 2.10. The summed E-state index contributed by atoms with van der Waals surface area (Å²) in [6, 6.07) is 11.6. The van der Waals surface area contributed by atoms with Gasteiger partial charge in [-0.25, -0.2) is 0 Å². The Hall–Kier alpha value is -1.86. The van der Waals surface area contributed by atoms with E-state index in [-0.39, 0.29) is 24.6 Å². The molecule has 2 rings (SSSR count). The topological polar surface area (TPSA) is 148 Å². The molecule has 2 heterocycles. The van der Waals surface area contributed by atoms with Gasteiger partial charge in [0.05, 0.1) is 11.4 Å². The van der Waals surface area contributed by atoms with Crippen molar-refractivity contribution in [3.63, 3.8) is 0 Å². The highest BCUT2D eigenvalue weighted by Gasteiger charge is 1.95. The Labute approximate surface area is 95.5 Å². The molecule has 2 aromatic heterocycles. The molecule has 0 aromatic carbocycles. The van der Waals surface area contributed by atoms with E-state index in [0.29, 0.717) is 0 Å².